The Kier molecular flexibility index (Phi) is 3.13. The SMILES string of the molecule is CC1CC(C)C(C)N(c2ccc3scnc3c2N)C1. The number of fused-ring (bicyclic) bond motifs is 1. The lowest BCUT2D eigenvalue weighted by molar-refractivity contribution is 0.297. The van der Waals surface area contributed by atoms with Crippen LogP contribution in [0.15, 0.2) is 17.6 Å². The number of hydrogen-bond donors (Lipinski definition) is 1. The molecule has 2 heterocycles. The van der Waals surface area contributed by atoms with Crippen molar-refractivity contribution in [1.82, 2.24) is 4.98 Å². The maximum Gasteiger partial charge on any atom is 0.106 e. The van der Waals surface area contributed by atoms with Gasteiger partial charge in [0.2, 0.25) is 0 Å². The molecule has 1 aliphatic rings. The molecule has 0 aliphatic carbocycles. The fraction of sp³-hybridized carbons (Fsp3) is 0.533. The molecule has 1 saturated heterocycles. The Morgan fingerprint density at radius 3 is 2.89 bits per heavy atom. The Balaban J connectivity index is 2.05. The van der Waals surface area contributed by atoms with Gasteiger partial charge in [-0.15, -0.1) is 11.3 Å². The fourth-order valence-electron chi connectivity index (χ4n) is 3.23. The highest BCUT2D eigenvalue weighted by Crippen LogP contribution is 2.37. The first kappa shape index (κ1) is 12.7. The van der Waals surface area contributed by atoms with Crippen molar-refractivity contribution in [2.24, 2.45) is 11.8 Å². The first-order chi connectivity index (χ1) is 9.08. The predicted octanol–water partition coefficient (Wildman–Crippen LogP) is 3.75. The van der Waals surface area contributed by atoms with Crippen molar-refractivity contribution in [3.63, 3.8) is 0 Å². The summed E-state index contributed by atoms with van der Waals surface area (Å²) < 4.78 is 1.17. The quantitative estimate of drug-likeness (QED) is 0.806. The molecule has 1 aromatic heterocycles. The van der Waals surface area contributed by atoms with Crippen LogP contribution >= 0.6 is 11.3 Å². The molecule has 3 nitrogen and oxygen atoms in total. The number of hydrogen-bond acceptors (Lipinski definition) is 4. The van der Waals surface area contributed by atoms with Gasteiger partial charge in [0.15, 0.2) is 0 Å². The van der Waals surface area contributed by atoms with Gasteiger partial charge in [0.25, 0.3) is 0 Å². The highest BCUT2D eigenvalue weighted by Gasteiger charge is 2.30. The van der Waals surface area contributed by atoms with Crippen molar-refractivity contribution in [3.05, 3.63) is 17.6 Å². The molecule has 2 aromatic rings. The molecule has 1 aliphatic heterocycles. The first-order valence-electron chi connectivity index (χ1n) is 6.96. The highest BCUT2D eigenvalue weighted by molar-refractivity contribution is 7.16. The lowest BCUT2D eigenvalue weighted by Gasteiger charge is -2.43. The Morgan fingerprint density at radius 2 is 2.11 bits per heavy atom. The minimum Gasteiger partial charge on any atom is -0.395 e. The Bertz CT molecular complexity index is 592. The largest absolute Gasteiger partial charge is 0.395 e. The molecule has 19 heavy (non-hydrogen) atoms. The van der Waals surface area contributed by atoms with Gasteiger partial charge in [-0.2, -0.15) is 0 Å². The summed E-state index contributed by atoms with van der Waals surface area (Å²) in [5.74, 6) is 1.42. The first-order valence-corrected chi connectivity index (χ1v) is 7.84. The minimum absolute atomic E-state index is 0.537. The molecule has 4 heteroatoms. The number of nitrogens with zero attached hydrogens (tertiary/aromatic N) is 2. The zero-order chi connectivity index (χ0) is 13.6. The number of benzene rings is 1. The summed E-state index contributed by atoms with van der Waals surface area (Å²) >= 11 is 1.65. The lowest BCUT2D eigenvalue weighted by atomic mass is 9.85. The van der Waals surface area contributed by atoms with Crippen LogP contribution in [0.2, 0.25) is 0 Å². The second-order valence-electron chi connectivity index (χ2n) is 5.91. The normalized spacial score (nSPS) is 27.9. The van der Waals surface area contributed by atoms with Crippen molar-refractivity contribution in [2.45, 2.75) is 33.2 Å². The van der Waals surface area contributed by atoms with Gasteiger partial charge in [-0.1, -0.05) is 13.8 Å². The van der Waals surface area contributed by atoms with Gasteiger partial charge in [0, 0.05) is 12.6 Å². The summed E-state index contributed by atoms with van der Waals surface area (Å²) in [5.41, 5.74) is 11.2. The molecule has 0 bridgehead atoms. The van der Waals surface area contributed by atoms with E-state index in [4.69, 9.17) is 5.73 Å². The number of nitrogen functional groups attached to an aromatic ring is 1. The molecule has 2 N–H and O–H groups in total. The van der Waals surface area contributed by atoms with Crippen LogP contribution in [0.3, 0.4) is 0 Å². The van der Waals surface area contributed by atoms with Crippen molar-refractivity contribution >= 4 is 32.9 Å². The van der Waals surface area contributed by atoms with Crippen LogP contribution in [0.5, 0.6) is 0 Å². The van der Waals surface area contributed by atoms with E-state index >= 15 is 0 Å². The number of thiazole rings is 1. The number of aromatic nitrogens is 1. The molecule has 3 rings (SSSR count). The summed E-state index contributed by atoms with van der Waals surface area (Å²) in [6, 6.07) is 4.85. The number of piperidine rings is 1. The predicted molar refractivity (Wildman–Crippen MR) is 83.8 cm³/mol. The summed E-state index contributed by atoms with van der Waals surface area (Å²) in [5, 5.41) is 0. The van der Waals surface area contributed by atoms with Gasteiger partial charge in [0.1, 0.15) is 5.52 Å². The molecule has 0 radical (unpaired) electrons. The average Bonchev–Trinajstić information content (AvgIpc) is 2.84. The molecule has 0 spiro atoms. The van der Waals surface area contributed by atoms with Gasteiger partial charge < -0.3 is 10.6 Å². The molecule has 102 valence electrons. The van der Waals surface area contributed by atoms with Crippen molar-refractivity contribution in [2.75, 3.05) is 17.2 Å². The van der Waals surface area contributed by atoms with E-state index in [2.05, 4.69) is 42.8 Å². The summed E-state index contributed by atoms with van der Waals surface area (Å²) in [4.78, 5) is 6.87. The molecule has 3 atom stereocenters. The van der Waals surface area contributed by atoms with Gasteiger partial charge >= 0.3 is 0 Å². The topological polar surface area (TPSA) is 42.2 Å². The number of nitrogens with two attached hydrogens (primary N) is 1. The van der Waals surface area contributed by atoms with E-state index < -0.39 is 0 Å². The monoisotopic (exact) mass is 275 g/mol. The number of anilines is 2. The third-order valence-corrected chi connectivity index (χ3v) is 5.22. The third-order valence-electron chi connectivity index (χ3n) is 4.43. The minimum atomic E-state index is 0.537. The standard InChI is InChI=1S/C15H21N3S/c1-9-6-10(2)11(3)18(7-9)12-4-5-13-15(14(12)16)17-8-19-13/h4-5,8-11H,6-7,16H2,1-3H3. The van der Waals surface area contributed by atoms with Crippen molar-refractivity contribution in [3.8, 4) is 0 Å². The van der Waals surface area contributed by atoms with E-state index in [1.807, 2.05) is 5.51 Å². The highest BCUT2D eigenvalue weighted by atomic mass is 32.1. The van der Waals surface area contributed by atoms with E-state index in [-0.39, 0.29) is 0 Å². The van der Waals surface area contributed by atoms with Crippen LogP contribution in [-0.4, -0.2) is 17.6 Å². The van der Waals surface area contributed by atoms with Crippen LogP contribution in [0.4, 0.5) is 11.4 Å². The molecular weight excluding hydrogens is 254 g/mol. The summed E-state index contributed by atoms with van der Waals surface area (Å²) in [6.07, 6.45) is 1.30. The smallest absolute Gasteiger partial charge is 0.106 e. The third kappa shape index (κ3) is 2.08. The van der Waals surface area contributed by atoms with Gasteiger partial charge in [-0.3, -0.25) is 0 Å². The summed E-state index contributed by atoms with van der Waals surface area (Å²) in [7, 11) is 0. The van der Waals surface area contributed by atoms with Gasteiger partial charge in [-0.05, 0) is 37.3 Å². The molecule has 1 aromatic carbocycles. The van der Waals surface area contributed by atoms with E-state index in [0.29, 0.717) is 12.0 Å². The van der Waals surface area contributed by atoms with Gasteiger partial charge in [0.05, 0.1) is 21.6 Å². The van der Waals surface area contributed by atoms with E-state index in [1.165, 1.54) is 11.1 Å². The Labute approximate surface area is 118 Å². The van der Waals surface area contributed by atoms with Crippen LogP contribution in [-0.2, 0) is 0 Å². The second-order valence-corrected chi connectivity index (χ2v) is 6.79. The average molecular weight is 275 g/mol. The fourth-order valence-corrected chi connectivity index (χ4v) is 3.92. The zero-order valence-corrected chi connectivity index (χ0v) is 12.6. The van der Waals surface area contributed by atoms with Crippen LogP contribution in [0.1, 0.15) is 27.2 Å². The van der Waals surface area contributed by atoms with Crippen LogP contribution in [0.25, 0.3) is 10.2 Å². The Hall–Kier alpha value is -1.29. The molecular formula is C15H21N3S. The van der Waals surface area contributed by atoms with Gasteiger partial charge in [-0.25, -0.2) is 4.98 Å². The summed E-state index contributed by atoms with van der Waals surface area (Å²) in [6.45, 7) is 8.06. The van der Waals surface area contributed by atoms with Crippen molar-refractivity contribution in [1.29, 1.82) is 0 Å². The Morgan fingerprint density at radius 1 is 1.32 bits per heavy atom. The molecule has 0 amide bonds. The maximum atomic E-state index is 6.35. The van der Waals surface area contributed by atoms with E-state index in [0.717, 1.165) is 29.4 Å². The number of rotatable bonds is 1. The molecule has 0 saturated carbocycles. The van der Waals surface area contributed by atoms with Crippen LogP contribution in [0, 0.1) is 11.8 Å². The van der Waals surface area contributed by atoms with E-state index in [1.54, 1.807) is 11.3 Å². The maximum absolute atomic E-state index is 6.35. The lowest BCUT2D eigenvalue weighted by Crippen LogP contribution is -2.46. The van der Waals surface area contributed by atoms with Crippen molar-refractivity contribution < 1.29 is 0 Å². The molecule has 3 unspecified atom stereocenters. The van der Waals surface area contributed by atoms with Crippen LogP contribution < -0.4 is 10.6 Å². The second kappa shape index (κ2) is 4.67. The zero-order valence-electron chi connectivity index (χ0n) is 11.8. The van der Waals surface area contributed by atoms with E-state index in [9.17, 15) is 0 Å². The molecule has 1 fully saturated rings.